The number of hydrogen-bond acceptors (Lipinski definition) is 5. The number of nitrogens with zero attached hydrogens (tertiary/aromatic N) is 1. The molecule has 1 unspecified atom stereocenters. The zero-order valence-corrected chi connectivity index (χ0v) is 18.6. The highest BCUT2D eigenvalue weighted by Gasteiger charge is 2.44. The van der Waals surface area contributed by atoms with Crippen LogP contribution in [0.5, 0.6) is 11.5 Å². The molecule has 0 bridgehead atoms. The topological polar surface area (TPSA) is 76.1 Å². The molecule has 0 saturated carbocycles. The minimum atomic E-state index is -0.743. The first-order chi connectivity index (χ1) is 14.7. The van der Waals surface area contributed by atoms with Crippen molar-refractivity contribution in [2.24, 2.45) is 5.92 Å². The van der Waals surface area contributed by atoms with E-state index in [2.05, 4.69) is 0 Å². The summed E-state index contributed by atoms with van der Waals surface area (Å²) in [4.78, 5) is 27.6. The van der Waals surface area contributed by atoms with E-state index < -0.39 is 17.7 Å². The van der Waals surface area contributed by atoms with Crippen LogP contribution in [0, 0.1) is 5.92 Å². The molecule has 1 aliphatic rings. The summed E-state index contributed by atoms with van der Waals surface area (Å²) in [6, 6.07) is 13.6. The normalized spacial score (nSPS) is 16.4. The Morgan fingerprint density at radius 2 is 1.74 bits per heavy atom. The molecule has 6 nitrogen and oxygen atoms in total. The molecule has 0 radical (unpaired) electrons. The van der Waals surface area contributed by atoms with Crippen LogP contribution >= 0.6 is 0 Å². The van der Waals surface area contributed by atoms with Gasteiger partial charge in [-0.2, -0.15) is 0 Å². The average molecular weight is 424 g/mol. The third kappa shape index (κ3) is 4.58. The molecule has 1 amide bonds. The van der Waals surface area contributed by atoms with E-state index in [1.165, 1.54) is 4.90 Å². The van der Waals surface area contributed by atoms with Crippen LogP contribution in [0.4, 0.5) is 5.69 Å². The lowest BCUT2D eigenvalue weighted by molar-refractivity contribution is -0.119. The maximum absolute atomic E-state index is 13.1. The minimum Gasteiger partial charge on any atom is -0.503 e. The second-order valence-electron chi connectivity index (χ2n) is 8.02. The third-order valence-electron chi connectivity index (χ3n) is 4.97. The number of Topliss-reactive ketones (excluding diaryl/α,β-unsaturated/α-hetero) is 1. The minimum absolute atomic E-state index is 0.0266. The van der Waals surface area contributed by atoms with Gasteiger partial charge >= 0.3 is 0 Å². The summed E-state index contributed by atoms with van der Waals surface area (Å²) in [5.41, 5.74) is 1.36. The van der Waals surface area contributed by atoms with Crippen LogP contribution in [0.2, 0.25) is 0 Å². The van der Waals surface area contributed by atoms with Crippen molar-refractivity contribution in [2.75, 3.05) is 11.5 Å². The lowest BCUT2D eigenvalue weighted by Gasteiger charge is -2.28. The highest BCUT2D eigenvalue weighted by molar-refractivity contribution is 6.16. The highest BCUT2D eigenvalue weighted by atomic mass is 16.5. The Morgan fingerprint density at radius 1 is 1.06 bits per heavy atom. The van der Waals surface area contributed by atoms with E-state index in [0.29, 0.717) is 29.4 Å². The van der Waals surface area contributed by atoms with E-state index in [-0.39, 0.29) is 23.4 Å². The fourth-order valence-electron chi connectivity index (χ4n) is 3.64. The van der Waals surface area contributed by atoms with Gasteiger partial charge < -0.3 is 14.6 Å². The number of carbonyl (C=O) groups is 2. The molecular weight excluding hydrogens is 394 g/mol. The molecule has 1 aliphatic heterocycles. The Hall–Kier alpha value is -3.28. The molecule has 2 aromatic carbocycles. The Bertz CT molecular complexity index is 991. The molecule has 0 spiro atoms. The van der Waals surface area contributed by atoms with Gasteiger partial charge in [-0.1, -0.05) is 32.0 Å². The van der Waals surface area contributed by atoms with E-state index in [0.717, 1.165) is 0 Å². The number of aliphatic hydroxyl groups is 1. The Labute approximate surface area is 183 Å². The van der Waals surface area contributed by atoms with Gasteiger partial charge in [0.2, 0.25) is 0 Å². The van der Waals surface area contributed by atoms with Crippen molar-refractivity contribution in [2.45, 2.75) is 46.8 Å². The summed E-state index contributed by atoms with van der Waals surface area (Å²) in [6.07, 6.45) is 0.0266. The first kappa shape index (κ1) is 22.4. The summed E-state index contributed by atoms with van der Waals surface area (Å²) in [5, 5.41) is 10.7. The number of aliphatic hydroxyl groups excluding tert-OH is 1. The Kier molecular flexibility index (Phi) is 6.68. The number of anilines is 1. The van der Waals surface area contributed by atoms with Gasteiger partial charge in [0.05, 0.1) is 24.3 Å². The Balaban J connectivity index is 2.10. The largest absolute Gasteiger partial charge is 0.503 e. The quantitative estimate of drug-likeness (QED) is 0.647. The van der Waals surface area contributed by atoms with Crippen LogP contribution in [-0.4, -0.2) is 29.5 Å². The van der Waals surface area contributed by atoms with Gasteiger partial charge in [-0.25, -0.2) is 0 Å². The molecule has 1 heterocycles. The molecule has 2 aromatic rings. The smallest absolute Gasteiger partial charge is 0.294 e. The number of benzene rings is 2. The van der Waals surface area contributed by atoms with E-state index in [1.807, 2.05) is 32.9 Å². The first-order valence-corrected chi connectivity index (χ1v) is 10.5. The molecule has 0 aromatic heterocycles. The maximum atomic E-state index is 13.1. The summed E-state index contributed by atoms with van der Waals surface area (Å²) in [6.45, 7) is 9.75. The fraction of sp³-hybridized carbons (Fsp3) is 0.360. The summed E-state index contributed by atoms with van der Waals surface area (Å²) >= 11 is 0. The molecule has 164 valence electrons. The lowest BCUT2D eigenvalue weighted by Crippen LogP contribution is -2.31. The van der Waals surface area contributed by atoms with Crippen molar-refractivity contribution in [3.8, 4) is 11.5 Å². The molecule has 1 atom stereocenters. The average Bonchev–Trinajstić information content (AvgIpc) is 2.99. The zero-order chi connectivity index (χ0) is 22.7. The van der Waals surface area contributed by atoms with Crippen LogP contribution in [0.3, 0.4) is 0 Å². The van der Waals surface area contributed by atoms with E-state index in [4.69, 9.17) is 9.47 Å². The van der Waals surface area contributed by atoms with Crippen molar-refractivity contribution >= 4 is 17.4 Å². The summed E-state index contributed by atoms with van der Waals surface area (Å²) in [7, 11) is 0. The van der Waals surface area contributed by atoms with Gasteiger partial charge in [0, 0.05) is 17.7 Å². The van der Waals surface area contributed by atoms with Gasteiger partial charge in [0.1, 0.15) is 11.5 Å². The van der Waals surface area contributed by atoms with Crippen molar-refractivity contribution in [3.05, 3.63) is 65.4 Å². The van der Waals surface area contributed by atoms with Crippen LogP contribution < -0.4 is 14.4 Å². The number of amides is 1. The van der Waals surface area contributed by atoms with Crippen LogP contribution in [0.25, 0.3) is 0 Å². The van der Waals surface area contributed by atoms with Crippen molar-refractivity contribution < 1.29 is 24.2 Å². The van der Waals surface area contributed by atoms with Crippen LogP contribution in [-0.2, 0) is 9.59 Å². The number of ketones is 1. The lowest BCUT2D eigenvalue weighted by atomic mass is 9.91. The number of ether oxygens (including phenoxy) is 2. The predicted octanol–water partition coefficient (Wildman–Crippen LogP) is 5.00. The second-order valence-corrected chi connectivity index (χ2v) is 8.02. The van der Waals surface area contributed by atoms with Crippen LogP contribution in [0.1, 0.15) is 46.2 Å². The predicted molar refractivity (Wildman–Crippen MR) is 120 cm³/mol. The zero-order valence-electron chi connectivity index (χ0n) is 18.6. The van der Waals surface area contributed by atoms with E-state index in [1.54, 1.807) is 50.2 Å². The number of hydrogen-bond donors (Lipinski definition) is 1. The first-order valence-electron chi connectivity index (χ1n) is 10.5. The molecule has 0 saturated heterocycles. The van der Waals surface area contributed by atoms with Gasteiger partial charge in [0.25, 0.3) is 5.91 Å². The molecular formula is C25H29NO5. The Morgan fingerprint density at radius 3 is 2.32 bits per heavy atom. The second kappa shape index (κ2) is 9.25. The third-order valence-corrected chi connectivity index (χ3v) is 4.97. The van der Waals surface area contributed by atoms with Gasteiger partial charge in [-0.3, -0.25) is 14.5 Å². The van der Waals surface area contributed by atoms with E-state index in [9.17, 15) is 14.7 Å². The molecule has 0 fully saturated rings. The highest BCUT2D eigenvalue weighted by Crippen LogP contribution is 2.42. The summed E-state index contributed by atoms with van der Waals surface area (Å²) < 4.78 is 11.3. The van der Waals surface area contributed by atoms with Gasteiger partial charge in [-0.15, -0.1) is 0 Å². The summed E-state index contributed by atoms with van der Waals surface area (Å²) in [5.74, 6) is -0.445. The number of rotatable bonds is 8. The molecule has 6 heteroatoms. The van der Waals surface area contributed by atoms with E-state index >= 15 is 0 Å². The molecule has 1 N–H and O–H groups in total. The van der Waals surface area contributed by atoms with Crippen molar-refractivity contribution in [1.82, 2.24) is 0 Å². The van der Waals surface area contributed by atoms with Gasteiger partial charge in [-0.05, 0) is 50.6 Å². The van der Waals surface area contributed by atoms with Gasteiger partial charge in [0.15, 0.2) is 11.5 Å². The van der Waals surface area contributed by atoms with Crippen molar-refractivity contribution in [1.29, 1.82) is 0 Å². The SMILES string of the molecule is CCOc1cccc(N2C(=O)C(O)=C(C(=O)C(C)C)C2c2ccc(OC(C)C)cc2)c1. The fourth-order valence-corrected chi connectivity index (χ4v) is 3.64. The number of carbonyl (C=O) groups excluding carboxylic acids is 2. The molecule has 3 rings (SSSR count). The molecule has 31 heavy (non-hydrogen) atoms. The maximum Gasteiger partial charge on any atom is 0.294 e. The monoisotopic (exact) mass is 423 g/mol. The standard InChI is InChI=1S/C25H29NO5/c1-6-30-20-9-7-8-18(14-20)26-22(17-10-12-19(13-11-17)31-16(4)5)21(23(27)15(2)3)24(28)25(26)29/h7-16,22,28H,6H2,1-5H3. The van der Waals surface area contributed by atoms with Crippen LogP contribution in [0.15, 0.2) is 59.9 Å². The molecule has 0 aliphatic carbocycles. The van der Waals surface area contributed by atoms with Crippen molar-refractivity contribution in [3.63, 3.8) is 0 Å².